The summed E-state index contributed by atoms with van der Waals surface area (Å²) in [7, 11) is -3.41. The molecule has 0 bridgehead atoms. The number of ether oxygens (including phenoxy) is 4. The standard InChI is InChI=1S/C38H53O9PS/c1-2-3-4-11-22-35(39)45-32-27-42-38-33(28-43-37(32)38)46-36(40)23-12-9-7-5-6-8-10-17-25-49-26-24-44-48(41)34-21-16-14-19-30(34)29-18-13-15-20-31(29)47-48/h13-16,18-21,32-33,37-38H,2-12,17,22-28H2,1H3/t32-,33+,37?,38?,48?/m1/s1. The van der Waals surface area contributed by atoms with Gasteiger partial charge in [-0.1, -0.05) is 101 Å². The van der Waals surface area contributed by atoms with Crippen LogP contribution in [0.5, 0.6) is 5.75 Å². The molecule has 3 heterocycles. The molecule has 0 radical (unpaired) electrons. The number of esters is 2. The van der Waals surface area contributed by atoms with Crippen molar-refractivity contribution in [3.63, 3.8) is 0 Å². The molecule has 0 N–H and O–H groups in total. The Hall–Kier alpha value is -2.36. The van der Waals surface area contributed by atoms with Gasteiger partial charge in [0.1, 0.15) is 18.0 Å². The zero-order chi connectivity index (χ0) is 34.3. The summed E-state index contributed by atoms with van der Waals surface area (Å²) in [5.41, 5.74) is 1.86. The van der Waals surface area contributed by atoms with Crippen LogP contribution in [-0.4, -0.2) is 67.7 Å². The summed E-state index contributed by atoms with van der Waals surface area (Å²) in [6, 6.07) is 15.3. The first-order valence-corrected chi connectivity index (χ1v) is 21.0. The van der Waals surface area contributed by atoms with E-state index in [0.29, 0.717) is 30.5 Å². The fourth-order valence-corrected chi connectivity index (χ4v) is 9.35. The molecule has 5 atom stereocenters. The smallest absolute Gasteiger partial charge is 0.411 e. The molecule has 2 aromatic rings. The predicted molar refractivity (Wildman–Crippen MR) is 193 cm³/mol. The lowest BCUT2D eigenvalue weighted by atomic mass is 10.0. The first kappa shape index (κ1) is 37.9. The van der Waals surface area contributed by atoms with E-state index in [2.05, 4.69) is 6.92 Å². The Kier molecular flexibility index (Phi) is 15.4. The van der Waals surface area contributed by atoms with E-state index in [1.807, 2.05) is 60.3 Å². The minimum Gasteiger partial charge on any atom is -0.457 e. The summed E-state index contributed by atoms with van der Waals surface area (Å²) < 4.78 is 48.4. The fourth-order valence-electron chi connectivity index (χ4n) is 6.62. The van der Waals surface area contributed by atoms with Crippen LogP contribution in [0, 0.1) is 0 Å². The third-order valence-electron chi connectivity index (χ3n) is 9.27. The van der Waals surface area contributed by atoms with Crippen LogP contribution < -0.4 is 9.83 Å². The zero-order valence-corrected chi connectivity index (χ0v) is 30.6. The maximum Gasteiger partial charge on any atom is 0.411 e. The number of benzene rings is 2. The number of hydrogen-bond acceptors (Lipinski definition) is 10. The van der Waals surface area contributed by atoms with Crippen LogP contribution in [0.1, 0.15) is 96.8 Å². The summed E-state index contributed by atoms with van der Waals surface area (Å²) >= 11 is 1.83. The monoisotopic (exact) mass is 716 g/mol. The number of carbonyl (C=O) groups is 2. The molecular formula is C38H53O9PS. The van der Waals surface area contributed by atoms with Crippen LogP contribution in [0.15, 0.2) is 48.5 Å². The number of fused-ring (bicyclic) bond motifs is 4. The Morgan fingerprint density at radius 2 is 1.27 bits per heavy atom. The van der Waals surface area contributed by atoms with Gasteiger partial charge in [-0.3, -0.25) is 14.1 Å². The van der Waals surface area contributed by atoms with Crippen molar-refractivity contribution in [3.05, 3.63) is 48.5 Å². The molecule has 0 aromatic heterocycles. The van der Waals surface area contributed by atoms with Gasteiger partial charge in [-0.25, -0.2) is 4.57 Å². The molecule has 49 heavy (non-hydrogen) atoms. The van der Waals surface area contributed by atoms with Crippen molar-refractivity contribution < 1.29 is 42.1 Å². The third kappa shape index (κ3) is 11.1. The van der Waals surface area contributed by atoms with Gasteiger partial charge in [0.05, 0.1) is 25.1 Å². The highest BCUT2D eigenvalue weighted by molar-refractivity contribution is 7.99. The van der Waals surface area contributed by atoms with E-state index in [0.717, 1.165) is 74.0 Å². The van der Waals surface area contributed by atoms with E-state index < -0.39 is 19.8 Å². The van der Waals surface area contributed by atoms with Crippen LogP contribution >= 0.6 is 19.4 Å². The van der Waals surface area contributed by atoms with Crippen molar-refractivity contribution in [3.8, 4) is 16.9 Å². The second-order valence-electron chi connectivity index (χ2n) is 13.1. The molecule has 0 spiro atoms. The zero-order valence-electron chi connectivity index (χ0n) is 28.9. The maximum atomic E-state index is 13.6. The first-order chi connectivity index (χ1) is 24.0. The molecule has 11 heteroatoms. The van der Waals surface area contributed by atoms with Gasteiger partial charge in [-0.05, 0) is 37.1 Å². The number of carbonyl (C=O) groups excluding carboxylic acids is 2. The second-order valence-corrected chi connectivity index (χ2v) is 16.2. The van der Waals surface area contributed by atoms with Crippen molar-refractivity contribution in [2.75, 3.05) is 31.3 Å². The lowest BCUT2D eigenvalue weighted by Gasteiger charge is -2.27. The fraction of sp³-hybridized carbons (Fsp3) is 0.632. The summed E-state index contributed by atoms with van der Waals surface area (Å²) in [4.78, 5) is 24.6. The lowest BCUT2D eigenvalue weighted by Crippen LogP contribution is -2.35. The van der Waals surface area contributed by atoms with E-state index in [-0.39, 0.29) is 37.4 Å². The van der Waals surface area contributed by atoms with Gasteiger partial charge >= 0.3 is 19.5 Å². The summed E-state index contributed by atoms with van der Waals surface area (Å²) in [5.74, 6) is 2.01. The van der Waals surface area contributed by atoms with Crippen molar-refractivity contribution in [1.29, 1.82) is 0 Å². The average molecular weight is 717 g/mol. The Bertz CT molecular complexity index is 1390. The molecule has 270 valence electrons. The molecular weight excluding hydrogens is 663 g/mol. The highest BCUT2D eigenvalue weighted by atomic mass is 32.2. The Balaban J connectivity index is 0.834. The quantitative estimate of drug-likeness (QED) is 0.0670. The molecule has 0 amide bonds. The van der Waals surface area contributed by atoms with Crippen LogP contribution in [0.25, 0.3) is 11.1 Å². The molecule has 0 saturated carbocycles. The largest absolute Gasteiger partial charge is 0.457 e. The van der Waals surface area contributed by atoms with Crippen LogP contribution in [0.4, 0.5) is 0 Å². The van der Waals surface area contributed by atoms with Gasteiger partial charge in [-0.15, -0.1) is 0 Å². The maximum absolute atomic E-state index is 13.6. The highest BCUT2D eigenvalue weighted by Gasteiger charge is 2.51. The van der Waals surface area contributed by atoms with E-state index >= 15 is 0 Å². The number of unbranched alkanes of at least 4 members (excludes halogenated alkanes) is 10. The minimum absolute atomic E-state index is 0.212. The molecule has 2 aromatic carbocycles. The molecule has 9 nitrogen and oxygen atoms in total. The molecule has 3 aliphatic rings. The Morgan fingerprint density at radius 3 is 1.92 bits per heavy atom. The molecule has 2 saturated heterocycles. The van der Waals surface area contributed by atoms with Crippen molar-refractivity contribution >= 4 is 36.6 Å². The number of rotatable bonds is 22. The van der Waals surface area contributed by atoms with Gasteiger partial charge in [0.15, 0.2) is 12.2 Å². The van der Waals surface area contributed by atoms with E-state index in [4.69, 9.17) is 28.0 Å². The normalized spacial score (nSPS) is 23.7. The van der Waals surface area contributed by atoms with Crippen molar-refractivity contribution in [1.82, 2.24) is 0 Å². The van der Waals surface area contributed by atoms with E-state index in [1.165, 1.54) is 25.7 Å². The minimum atomic E-state index is -3.41. The first-order valence-electron chi connectivity index (χ1n) is 18.3. The number of thioether (sulfide) groups is 1. The lowest BCUT2D eigenvalue weighted by molar-refractivity contribution is -0.155. The molecule has 3 unspecified atom stereocenters. The molecule has 5 rings (SSSR count). The van der Waals surface area contributed by atoms with Gasteiger partial charge in [0.2, 0.25) is 0 Å². The average Bonchev–Trinajstić information content (AvgIpc) is 3.69. The summed E-state index contributed by atoms with van der Waals surface area (Å²) in [6.07, 6.45) is 12.2. The van der Waals surface area contributed by atoms with Crippen LogP contribution in [0.3, 0.4) is 0 Å². The van der Waals surface area contributed by atoms with Crippen molar-refractivity contribution in [2.24, 2.45) is 0 Å². The second kappa shape index (κ2) is 19.9. The third-order valence-corrected chi connectivity index (χ3v) is 12.2. The van der Waals surface area contributed by atoms with Gasteiger partial charge in [0, 0.05) is 29.7 Å². The summed E-state index contributed by atoms with van der Waals surface area (Å²) in [6.45, 7) is 3.08. The van der Waals surface area contributed by atoms with Crippen molar-refractivity contribution in [2.45, 2.75) is 121 Å². The number of para-hydroxylation sites is 1. The number of hydrogen-bond donors (Lipinski definition) is 0. The van der Waals surface area contributed by atoms with Gasteiger partial charge in [-0.2, -0.15) is 11.8 Å². The van der Waals surface area contributed by atoms with Crippen LogP contribution in [0.2, 0.25) is 0 Å². The van der Waals surface area contributed by atoms with Gasteiger partial charge < -0.3 is 23.5 Å². The molecule has 0 aliphatic carbocycles. The van der Waals surface area contributed by atoms with Gasteiger partial charge in [0.25, 0.3) is 0 Å². The molecule has 3 aliphatic heterocycles. The Labute approximate surface area is 296 Å². The van der Waals surface area contributed by atoms with Crippen LogP contribution in [-0.2, 0) is 37.6 Å². The summed E-state index contributed by atoms with van der Waals surface area (Å²) in [5, 5.41) is 0.637. The molecule has 2 fully saturated rings. The topological polar surface area (TPSA) is 107 Å². The van der Waals surface area contributed by atoms with E-state index in [1.54, 1.807) is 0 Å². The highest BCUT2D eigenvalue weighted by Crippen LogP contribution is 2.55. The Morgan fingerprint density at radius 1 is 0.714 bits per heavy atom. The van der Waals surface area contributed by atoms with E-state index in [9.17, 15) is 14.2 Å². The SMILES string of the molecule is CCCCCCC(=O)O[C@@H]1COC2C1OC[C@@H]2OC(=O)CCCCCCCCCCSCCOP1(=O)Oc2ccccc2-c2ccccc21. The predicted octanol–water partition coefficient (Wildman–Crippen LogP) is 8.42.